The zero-order valence-corrected chi connectivity index (χ0v) is 18.1. The third-order valence-electron chi connectivity index (χ3n) is 5.04. The summed E-state index contributed by atoms with van der Waals surface area (Å²) in [6.07, 6.45) is 1.56. The van der Waals surface area contributed by atoms with E-state index < -0.39 is 0 Å². The number of carbonyl (C=O) groups excluding carboxylic acids is 1. The molecule has 0 saturated carbocycles. The molecule has 3 heterocycles. The van der Waals surface area contributed by atoms with Crippen molar-refractivity contribution in [2.75, 3.05) is 11.4 Å². The number of fused-ring (bicyclic) bond motifs is 1. The van der Waals surface area contributed by atoms with Crippen LogP contribution >= 0.6 is 11.3 Å². The van der Waals surface area contributed by atoms with Gasteiger partial charge in [0.15, 0.2) is 15.5 Å². The predicted octanol–water partition coefficient (Wildman–Crippen LogP) is 2.46. The van der Waals surface area contributed by atoms with Crippen molar-refractivity contribution in [1.29, 1.82) is 0 Å². The fourth-order valence-corrected chi connectivity index (χ4v) is 4.53. The highest BCUT2D eigenvalue weighted by Gasteiger charge is 2.33. The van der Waals surface area contributed by atoms with E-state index in [0.29, 0.717) is 22.0 Å². The molecule has 0 unspecified atom stereocenters. The van der Waals surface area contributed by atoms with Gasteiger partial charge in [-0.05, 0) is 32.3 Å². The number of nitrogens with zero attached hydrogens (tertiary/aromatic N) is 4. The summed E-state index contributed by atoms with van der Waals surface area (Å²) >= 11 is 1.32. The molecule has 9 heteroatoms. The van der Waals surface area contributed by atoms with E-state index in [9.17, 15) is 9.59 Å². The Morgan fingerprint density at radius 1 is 1.30 bits per heavy atom. The van der Waals surface area contributed by atoms with Gasteiger partial charge in [0.25, 0.3) is 5.56 Å². The predicted molar refractivity (Wildman–Crippen MR) is 117 cm³/mol. The van der Waals surface area contributed by atoms with Gasteiger partial charge in [0.1, 0.15) is 6.04 Å². The van der Waals surface area contributed by atoms with Crippen LogP contribution in [0.5, 0.6) is 6.01 Å². The monoisotopic (exact) mass is 427 g/mol. The van der Waals surface area contributed by atoms with Gasteiger partial charge in [-0.15, -0.1) is 0 Å². The molecule has 2 aromatic heterocycles. The van der Waals surface area contributed by atoms with Crippen molar-refractivity contribution in [3.8, 4) is 6.01 Å². The Balaban J connectivity index is 1.57. The molecular formula is C21H25N5O3S. The molecule has 0 radical (unpaired) electrons. The standard InChI is InChI=1S/C21H25N5O3S/c1-13(2)29-20-24-18-16(19(28)25(20)3)23-21(30-18)26-11-7-10-15(26)17(27)22-12-14-8-5-4-6-9-14/h4-6,8-9,13,15H,7,10-12H2,1-3H3,(H,22,27)/t15-/m1/s1. The molecule has 1 amide bonds. The molecule has 1 fully saturated rings. The number of amides is 1. The average molecular weight is 428 g/mol. The van der Waals surface area contributed by atoms with E-state index in [0.717, 1.165) is 24.9 Å². The third kappa shape index (κ3) is 4.02. The molecule has 1 aliphatic rings. The van der Waals surface area contributed by atoms with Gasteiger partial charge in [0.2, 0.25) is 5.91 Å². The van der Waals surface area contributed by atoms with Crippen LogP contribution in [0.3, 0.4) is 0 Å². The summed E-state index contributed by atoms with van der Waals surface area (Å²) in [5.74, 6) is -0.0275. The largest absolute Gasteiger partial charge is 0.462 e. The lowest BCUT2D eigenvalue weighted by Crippen LogP contribution is -2.43. The van der Waals surface area contributed by atoms with Crippen molar-refractivity contribution in [2.45, 2.75) is 45.4 Å². The molecule has 1 aliphatic heterocycles. The maximum absolute atomic E-state index is 12.8. The fraction of sp³-hybridized carbons (Fsp3) is 0.429. The van der Waals surface area contributed by atoms with Gasteiger partial charge in [-0.25, -0.2) is 4.98 Å². The van der Waals surface area contributed by atoms with Gasteiger partial charge < -0.3 is 15.0 Å². The van der Waals surface area contributed by atoms with E-state index in [4.69, 9.17) is 4.74 Å². The molecule has 1 aromatic carbocycles. The summed E-state index contributed by atoms with van der Waals surface area (Å²) in [6.45, 7) is 4.98. The molecule has 1 atom stereocenters. The highest BCUT2D eigenvalue weighted by Crippen LogP contribution is 2.32. The van der Waals surface area contributed by atoms with Gasteiger partial charge in [-0.2, -0.15) is 4.98 Å². The minimum absolute atomic E-state index is 0.0275. The van der Waals surface area contributed by atoms with E-state index in [1.807, 2.05) is 49.1 Å². The number of ether oxygens (including phenoxy) is 1. The Morgan fingerprint density at radius 2 is 2.07 bits per heavy atom. The van der Waals surface area contributed by atoms with Crippen LogP contribution in [0.1, 0.15) is 32.3 Å². The normalized spacial score (nSPS) is 16.4. The summed E-state index contributed by atoms with van der Waals surface area (Å²) in [5, 5.41) is 3.67. The lowest BCUT2D eigenvalue weighted by atomic mass is 10.2. The Morgan fingerprint density at radius 3 is 2.80 bits per heavy atom. The van der Waals surface area contributed by atoms with E-state index >= 15 is 0 Å². The van der Waals surface area contributed by atoms with Crippen LogP contribution in [0.4, 0.5) is 5.13 Å². The molecular weight excluding hydrogens is 402 g/mol. The van der Waals surface area contributed by atoms with Crippen LogP contribution < -0.4 is 20.5 Å². The second-order valence-corrected chi connectivity index (χ2v) is 8.59. The SMILES string of the molecule is CC(C)Oc1nc2sc(N3CCC[C@@H]3C(=O)NCc3ccccc3)nc2c(=O)n1C. The van der Waals surface area contributed by atoms with Gasteiger partial charge in [-0.1, -0.05) is 41.7 Å². The molecule has 0 bridgehead atoms. The molecule has 30 heavy (non-hydrogen) atoms. The number of hydrogen-bond acceptors (Lipinski definition) is 7. The van der Waals surface area contributed by atoms with Crippen molar-refractivity contribution in [3.63, 3.8) is 0 Å². The maximum Gasteiger partial charge on any atom is 0.300 e. The quantitative estimate of drug-likeness (QED) is 0.650. The van der Waals surface area contributed by atoms with Crippen molar-refractivity contribution in [1.82, 2.24) is 19.9 Å². The molecule has 1 saturated heterocycles. The first-order chi connectivity index (χ1) is 14.4. The average Bonchev–Trinajstić information content (AvgIpc) is 3.37. The summed E-state index contributed by atoms with van der Waals surface area (Å²) < 4.78 is 7.03. The van der Waals surface area contributed by atoms with Gasteiger partial charge in [0.05, 0.1) is 6.10 Å². The van der Waals surface area contributed by atoms with Crippen molar-refractivity contribution >= 4 is 32.7 Å². The summed E-state index contributed by atoms with van der Waals surface area (Å²) in [4.78, 5) is 37.1. The summed E-state index contributed by atoms with van der Waals surface area (Å²) in [5.41, 5.74) is 1.12. The Hall–Kier alpha value is -2.94. The number of thiazole rings is 1. The zero-order chi connectivity index (χ0) is 21.3. The molecule has 3 aromatic rings. The molecule has 0 aliphatic carbocycles. The first-order valence-electron chi connectivity index (χ1n) is 10.1. The number of benzene rings is 1. The highest BCUT2D eigenvalue weighted by atomic mass is 32.1. The minimum atomic E-state index is -0.301. The Labute approximate surface area is 178 Å². The first kappa shape index (κ1) is 20.3. The number of carbonyl (C=O) groups is 1. The van der Waals surface area contributed by atoms with Crippen molar-refractivity contribution in [2.24, 2.45) is 7.05 Å². The first-order valence-corrected chi connectivity index (χ1v) is 10.9. The topological polar surface area (TPSA) is 89.3 Å². The van der Waals surface area contributed by atoms with Crippen molar-refractivity contribution < 1.29 is 9.53 Å². The second kappa shape index (κ2) is 8.43. The smallest absolute Gasteiger partial charge is 0.300 e. The van der Waals surface area contributed by atoms with Crippen LogP contribution in [0, 0.1) is 0 Å². The van der Waals surface area contributed by atoms with Gasteiger partial charge in [0, 0.05) is 20.1 Å². The summed E-state index contributed by atoms with van der Waals surface area (Å²) in [6, 6.07) is 9.80. The Bertz CT molecular complexity index is 1110. The number of hydrogen-bond donors (Lipinski definition) is 1. The second-order valence-electron chi connectivity index (χ2n) is 7.63. The van der Waals surface area contributed by atoms with E-state index in [1.54, 1.807) is 7.05 Å². The van der Waals surface area contributed by atoms with Gasteiger partial charge >= 0.3 is 6.01 Å². The lowest BCUT2D eigenvalue weighted by molar-refractivity contribution is -0.122. The van der Waals surface area contributed by atoms with E-state index in [2.05, 4.69) is 15.3 Å². The molecule has 4 rings (SSSR count). The van der Waals surface area contributed by atoms with Crippen LogP contribution in [0.15, 0.2) is 35.1 Å². The Kier molecular flexibility index (Phi) is 5.72. The van der Waals surface area contributed by atoms with Crippen LogP contribution in [-0.4, -0.2) is 39.1 Å². The van der Waals surface area contributed by atoms with E-state index in [-0.39, 0.29) is 29.6 Å². The molecule has 8 nitrogen and oxygen atoms in total. The number of anilines is 1. The molecule has 1 N–H and O–H groups in total. The van der Waals surface area contributed by atoms with E-state index in [1.165, 1.54) is 15.9 Å². The fourth-order valence-electron chi connectivity index (χ4n) is 3.53. The van der Waals surface area contributed by atoms with Crippen LogP contribution in [0.25, 0.3) is 10.3 Å². The van der Waals surface area contributed by atoms with Crippen LogP contribution in [0.2, 0.25) is 0 Å². The number of aromatic nitrogens is 3. The minimum Gasteiger partial charge on any atom is -0.462 e. The third-order valence-corrected chi connectivity index (χ3v) is 6.03. The summed E-state index contributed by atoms with van der Waals surface area (Å²) in [7, 11) is 1.63. The maximum atomic E-state index is 12.8. The zero-order valence-electron chi connectivity index (χ0n) is 17.3. The van der Waals surface area contributed by atoms with Crippen molar-refractivity contribution in [3.05, 3.63) is 46.2 Å². The van der Waals surface area contributed by atoms with Crippen LogP contribution in [-0.2, 0) is 18.4 Å². The lowest BCUT2D eigenvalue weighted by Gasteiger charge is -2.23. The van der Waals surface area contributed by atoms with Gasteiger partial charge in [-0.3, -0.25) is 14.2 Å². The molecule has 0 spiro atoms. The highest BCUT2D eigenvalue weighted by molar-refractivity contribution is 7.21. The number of nitrogens with one attached hydrogen (secondary N) is 1. The number of rotatable bonds is 6. The molecule has 158 valence electrons.